The lowest BCUT2D eigenvalue weighted by Gasteiger charge is -2.39. The summed E-state index contributed by atoms with van der Waals surface area (Å²) >= 11 is 0. The molecule has 9 heteroatoms. The fourth-order valence-electron chi connectivity index (χ4n) is 8.65. The predicted molar refractivity (Wildman–Crippen MR) is 154 cm³/mol. The Kier molecular flexibility index (Phi) is 5.88. The number of amides is 4. The number of allylic oxidation sites excluding steroid dienone is 2. The fourth-order valence-corrected chi connectivity index (χ4v) is 8.65. The normalized spacial score (nSPS) is 29.1. The average Bonchev–Trinajstić information content (AvgIpc) is 3.26. The van der Waals surface area contributed by atoms with Crippen LogP contribution in [0.5, 0.6) is 0 Å². The van der Waals surface area contributed by atoms with Gasteiger partial charge in [-0.3, -0.25) is 24.1 Å². The first-order valence-corrected chi connectivity index (χ1v) is 15.5. The minimum atomic E-state index is -0.194. The van der Waals surface area contributed by atoms with Crippen molar-refractivity contribution in [2.45, 2.75) is 32.1 Å². The lowest BCUT2D eigenvalue weighted by Crippen LogP contribution is -2.53. The zero-order chi connectivity index (χ0) is 28.6. The van der Waals surface area contributed by atoms with Gasteiger partial charge in [0.1, 0.15) is 0 Å². The Morgan fingerprint density at radius 1 is 0.929 bits per heavy atom. The fraction of sp³-hybridized carbons (Fsp3) is 0.515. The number of rotatable bonds is 5. The third-order valence-corrected chi connectivity index (χ3v) is 11.0. The molecule has 4 fully saturated rings. The van der Waals surface area contributed by atoms with Gasteiger partial charge in [0.05, 0.1) is 29.0 Å². The topological polar surface area (TPSA) is 94.4 Å². The molecular formula is C33H36N4O5. The molecule has 3 aliphatic carbocycles. The molecule has 2 bridgehead atoms. The molecule has 2 aromatic rings. The van der Waals surface area contributed by atoms with Gasteiger partial charge in [-0.25, -0.2) is 0 Å². The van der Waals surface area contributed by atoms with Crippen molar-refractivity contribution in [3.8, 4) is 0 Å². The van der Waals surface area contributed by atoms with Crippen molar-refractivity contribution in [1.29, 1.82) is 0 Å². The third-order valence-electron chi connectivity index (χ3n) is 11.0. The molecule has 4 atom stereocenters. The molecular weight excluding hydrogens is 532 g/mol. The quantitative estimate of drug-likeness (QED) is 0.404. The van der Waals surface area contributed by atoms with Gasteiger partial charge in [0.2, 0.25) is 5.91 Å². The van der Waals surface area contributed by atoms with Crippen LogP contribution in [0.15, 0.2) is 53.2 Å². The number of hydrogen-bond acceptors (Lipinski definition) is 6. The summed E-state index contributed by atoms with van der Waals surface area (Å²) in [5, 5.41) is 0. The van der Waals surface area contributed by atoms with Crippen LogP contribution in [0.25, 0.3) is 0 Å². The number of fused-ring (bicyclic) bond motifs is 1. The summed E-state index contributed by atoms with van der Waals surface area (Å²) in [4.78, 5) is 60.8. The highest BCUT2D eigenvalue weighted by molar-refractivity contribution is 6.23. The molecule has 2 saturated heterocycles. The summed E-state index contributed by atoms with van der Waals surface area (Å²) in [7, 11) is 0. The first-order valence-electron chi connectivity index (χ1n) is 15.5. The summed E-state index contributed by atoms with van der Waals surface area (Å²) in [6, 6.07) is 8.93. The number of imide groups is 1. The minimum absolute atomic E-state index is 0.0970. The second-order valence-corrected chi connectivity index (χ2v) is 13.0. The Labute approximate surface area is 245 Å². The molecule has 0 N–H and O–H groups in total. The Bertz CT molecular complexity index is 1490. The molecule has 4 heterocycles. The van der Waals surface area contributed by atoms with E-state index in [0.717, 1.165) is 31.5 Å². The number of carbonyl (C=O) groups excluding carboxylic acids is 4. The molecule has 6 aliphatic rings. The van der Waals surface area contributed by atoms with Gasteiger partial charge in [-0.1, -0.05) is 18.2 Å². The molecule has 42 heavy (non-hydrogen) atoms. The standard InChI is InChI=1S/C33H36N4O5/c38-29(34-13-15-35(16-14-34)31(40)27-7-3-17-42-27)21-4-2-12-36(19-21)26-6-1-5-24-28(26)32(41)37(30(24)39)20-22-18-23-8-9-25(22)33(23)10-11-33/h1,3,5-9,17,21-23,25H,2,4,10-16,18-20H2/t21-,22+,23-,25-/m1/s1. The maximum Gasteiger partial charge on any atom is 0.289 e. The van der Waals surface area contributed by atoms with Gasteiger partial charge >= 0.3 is 0 Å². The number of hydrogen-bond donors (Lipinski definition) is 0. The van der Waals surface area contributed by atoms with E-state index in [0.29, 0.717) is 79.3 Å². The van der Waals surface area contributed by atoms with Gasteiger partial charge in [0, 0.05) is 45.8 Å². The zero-order valence-electron chi connectivity index (χ0n) is 23.7. The monoisotopic (exact) mass is 568 g/mol. The van der Waals surface area contributed by atoms with Crippen molar-refractivity contribution < 1.29 is 23.6 Å². The van der Waals surface area contributed by atoms with E-state index in [9.17, 15) is 19.2 Å². The van der Waals surface area contributed by atoms with Gasteiger partial charge in [0.25, 0.3) is 17.7 Å². The van der Waals surface area contributed by atoms with Crippen LogP contribution < -0.4 is 4.90 Å². The number of benzene rings is 1. The van der Waals surface area contributed by atoms with Crippen LogP contribution in [0.1, 0.15) is 63.4 Å². The Balaban J connectivity index is 0.943. The average molecular weight is 569 g/mol. The molecule has 3 aliphatic heterocycles. The van der Waals surface area contributed by atoms with Gasteiger partial charge in [-0.2, -0.15) is 0 Å². The molecule has 8 rings (SSSR count). The van der Waals surface area contributed by atoms with Crippen molar-refractivity contribution in [2.24, 2.45) is 29.1 Å². The SMILES string of the molecule is O=C(c1ccco1)N1CCN(C(=O)[C@@H]2CCCN(c3cccc4c3C(=O)N(C[C@@H]3C[C@H]5C=C[C@H]3C53CC3)C4=O)C2)CC1. The predicted octanol–water partition coefficient (Wildman–Crippen LogP) is 3.68. The van der Waals surface area contributed by atoms with E-state index in [4.69, 9.17) is 4.42 Å². The molecule has 2 saturated carbocycles. The number of piperidine rings is 1. The minimum Gasteiger partial charge on any atom is -0.459 e. The van der Waals surface area contributed by atoms with Crippen molar-refractivity contribution in [3.63, 3.8) is 0 Å². The van der Waals surface area contributed by atoms with E-state index in [1.54, 1.807) is 23.1 Å². The summed E-state index contributed by atoms with van der Waals surface area (Å²) in [6.45, 7) is 3.68. The van der Waals surface area contributed by atoms with Crippen molar-refractivity contribution in [3.05, 3.63) is 65.6 Å². The Morgan fingerprint density at radius 3 is 2.48 bits per heavy atom. The van der Waals surface area contributed by atoms with Crippen LogP contribution in [-0.2, 0) is 4.79 Å². The van der Waals surface area contributed by atoms with E-state index in [1.807, 2.05) is 17.0 Å². The van der Waals surface area contributed by atoms with E-state index in [-0.39, 0.29) is 29.5 Å². The number of anilines is 1. The first kappa shape index (κ1) is 25.8. The van der Waals surface area contributed by atoms with Gasteiger partial charge in [-0.05, 0) is 79.5 Å². The molecule has 4 amide bonds. The van der Waals surface area contributed by atoms with Crippen LogP contribution in [0.2, 0.25) is 0 Å². The van der Waals surface area contributed by atoms with Crippen molar-refractivity contribution >= 4 is 29.3 Å². The number of carbonyl (C=O) groups is 4. The maximum absolute atomic E-state index is 13.8. The van der Waals surface area contributed by atoms with E-state index < -0.39 is 0 Å². The molecule has 1 aromatic carbocycles. The summed E-state index contributed by atoms with van der Waals surface area (Å²) < 4.78 is 5.25. The summed E-state index contributed by atoms with van der Waals surface area (Å²) in [6.07, 6.45) is 11.4. The molecule has 1 aromatic heterocycles. The zero-order valence-corrected chi connectivity index (χ0v) is 23.7. The van der Waals surface area contributed by atoms with E-state index in [2.05, 4.69) is 17.1 Å². The maximum atomic E-state index is 13.8. The van der Waals surface area contributed by atoms with Gasteiger partial charge in [0.15, 0.2) is 5.76 Å². The summed E-state index contributed by atoms with van der Waals surface area (Å²) in [5.74, 6) is 1.16. The van der Waals surface area contributed by atoms with Crippen LogP contribution in [0.3, 0.4) is 0 Å². The van der Waals surface area contributed by atoms with Crippen molar-refractivity contribution in [2.75, 3.05) is 50.7 Å². The van der Waals surface area contributed by atoms with E-state index in [1.165, 1.54) is 24.0 Å². The highest BCUT2D eigenvalue weighted by atomic mass is 16.3. The lowest BCUT2D eigenvalue weighted by atomic mass is 9.88. The highest BCUT2D eigenvalue weighted by Crippen LogP contribution is 2.70. The number of furan rings is 1. The van der Waals surface area contributed by atoms with E-state index >= 15 is 0 Å². The second kappa shape index (κ2) is 9.57. The van der Waals surface area contributed by atoms with Crippen LogP contribution >= 0.6 is 0 Å². The Hall–Kier alpha value is -3.88. The second-order valence-electron chi connectivity index (χ2n) is 13.0. The molecule has 0 unspecified atom stereocenters. The molecule has 0 radical (unpaired) electrons. The molecule has 218 valence electrons. The van der Waals surface area contributed by atoms with Crippen LogP contribution in [-0.4, -0.2) is 84.1 Å². The highest BCUT2D eigenvalue weighted by Gasteiger charge is 2.63. The van der Waals surface area contributed by atoms with Crippen LogP contribution in [0.4, 0.5) is 5.69 Å². The summed E-state index contributed by atoms with van der Waals surface area (Å²) in [5.41, 5.74) is 2.18. The molecule has 1 spiro atoms. The third kappa shape index (κ3) is 3.88. The lowest BCUT2D eigenvalue weighted by molar-refractivity contribution is -0.137. The smallest absolute Gasteiger partial charge is 0.289 e. The molecule has 9 nitrogen and oxygen atoms in total. The van der Waals surface area contributed by atoms with Crippen molar-refractivity contribution in [1.82, 2.24) is 14.7 Å². The number of piperazine rings is 1. The first-order chi connectivity index (χ1) is 20.4. The Morgan fingerprint density at radius 2 is 1.74 bits per heavy atom. The van der Waals surface area contributed by atoms with Crippen LogP contribution in [0, 0.1) is 29.1 Å². The number of nitrogens with zero attached hydrogens (tertiary/aromatic N) is 4. The van der Waals surface area contributed by atoms with Gasteiger partial charge < -0.3 is 19.1 Å². The largest absolute Gasteiger partial charge is 0.459 e. The van der Waals surface area contributed by atoms with Gasteiger partial charge in [-0.15, -0.1) is 0 Å².